The first-order valence-electron chi connectivity index (χ1n) is 8.71. The lowest BCUT2D eigenvalue weighted by Crippen LogP contribution is -2.41. The van der Waals surface area contributed by atoms with Gasteiger partial charge >= 0.3 is 0 Å². The molecule has 1 aromatic carbocycles. The number of rotatable bonds is 7. The van der Waals surface area contributed by atoms with Crippen LogP contribution in [0.2, 0.25) is 0 Å². The van der Waals surface area contributed by atoms with E-state index in [2.05, 4.69) is 24.2 Å². The van der Waals surface area contributed by atoms with Crippen molar-refractivity contribution in [3.8, 4) is 11.5 Å². The number of hydrogen-bond donors (Lipinski definition) is 2. The summed E-state index contributed by atoms with van der Waals surface area (Å²) < 4.78 is 10.6. The van der Waals surface area contributed by atoms with Crippen LogP contribution in [0.1, 0.15) is 45.1 Å². The Morgan fingerprint density at radius 2 is 1.84 bits per heavy atom. The van der Waals surface area contributed by atoms with Gasteiger partial charge in [0, 0.05) is 6.54 Å². The van der Waals surface area contributed by atoms with Crippen LogP contribution in [0.25, 0.3) is 0 Å². The third-order valence-electron chi connectivity index (χ3n) is 5.07. The van der Waals surface area contributed by atoms with Crippen LogP contribution in [0.4, 0.5) is 0 Å². The fourth-order valence-corrected chi connectivity index (χ4v) is 3.38. The SMILES string of the molecule is COc1ccc(CN=C(N)NCC(C)(C)C2CCCC2)cc1OC.I. The molecule has 0 saturated heterocycles. The van der Waals surface area contributed by atoms with E-state index >= 15 is 0 Å². The van der Waals surface area contributed by atoms with E-state index < -0.39 is 0 Å². The number of guanidine groups is 1. The molecule has 3 N–H and O–H groups in total. The quantitative estimate of drug-likeness (QED) is 0.367. The van der Waals surface area contributed by atoms with E-state index in [1.807, 2.05) is 18.2 Å². The van der Waals surface area contributed by atoms with Crippen LogP contribution >= 0.6 is 24.0 Å². The molecule has 6 heteroatoms. The monoisotopic (exact) mass is 461 g/mol. The third kappa shape index (κ3) is 6.24. The molecule has 1 saturated carbocycles. The summed E-state index contributed by atoms with van der Waals surface area (Å²) in [5.74, 6) is 2.70. The van der Waals surface area contributed by atoms with Gasteiger partial charge in [0.1, 0.15) is 0 Å². The van der Waals surface area contributed by atoms with Crippen LogP contribution in [-0.4, -0.2) is 26.7 Å². The minimum absolute atomic E-state index is 0. The normalized spacial score (nSPS) is 15.6. The zero-order chi connectivity index (χ0) is 17.6. The molecule has 1 aromatic rings. The summed E-state index contributed by atoms with van der Waals surface area (Å²) in [7, 11) is 3.26. The third-order valence-corrected chi connectivity index (χ3v) is 5.07. The molecule has 25 heavy (non-hydrogen) atoms. The second-order valence-electron chi connectivity index (χ2n) is 7.21. The van der Waals surface area contributed by atoms with Crippen molar-refractivity contribution in [2.75, 3.05) is 20.8 Å². The molecular formula is C19H32IN3O2. The molecule has 0 unspecified atom stereocenters. The van der Waals surface area contributed by atoms with Crippen molar-refractivity contribution in [3.63, 3.8) is 0 Å². The van der Waals surface area contributed by atoms with Gasteiger partial charge in [-0.25, -0.2) is 4.99 Å². The van der Waals surface area contributed by atoms with E-state index in [0.717, 1.165) is 23.8 Å². The van der Waals surface area contributed by atoms with Crippen molar-refractivity contribution in [1.29, 1.82) is 0 Å². The lowest BCUT2D eigenvalue weighted by atomic mass is 9.78. The number of benzene rings is 1. The first kappa shape index (κ1) is 21.9. The van der Waals surface area contributed by atoms with Crippen molar-refractivity contribution >= 4 is 29.9 Å². The van der Waals surface area contributed by atoms with Gasteiger partial charge in [-0.05, 0) is 41.9 Å². The molecule has 2 rings (SSSR count). The van der Waals surface area contributed by atoms with E-state index in [4.69, 9.17) is 15.2 Å². The second-order valence-corrected chi connectivity index (χ2v) is 7.21. The molecule has 1 fully saturated rings. The lowest BCUT2D eigenvalue weighted by molar-refractivity contribution is 0.218. The van der Waals surface area contributed by atoms with Gasteiger partial charge in [0.05, 0.1) is 20.8 Å². The highest BCUT2D eigenvalue weighted by Crippen LogP contribution is 2.38. The van der Waals surface area contributed by atoms with Crippen LogP contribution in [0, 0.1) is 11.3 Å². The Morgan fingerprint density at radius 3 is 2.44 bits per heavy atom. The molecule has 0 radical (unpaired) electrons. The Labute approximate surface area is 168 Å². The average Bonchev–Trinajstić information content (AvgIpc) is 3.13. The first-order valence-corrected chi connectivity index (χ1v) is 8.71. The Balaban J connectivity index is 0.00000312. The summed E-state index contributed by atoms with van der Waals surface area (Å²) >= 11 is 0. The summed E-state index contributed by atoms with van der Waals surface area (Å²) in [5, 5.41) is 3.29. The van der Waals surface area contributed by atoms with Crippen LogP contribution in [-0.2, 0) is 6.54 Å². The zero-order valence-electron chi connectivity index (χ0n) is 15.8. The summed E-state index contributed by atoms with van der Waals surface area (Å²) in [6, 6.07) is 5.79. The van der Waals surface area contributed by atoms with Gasteiger partial charge in [-0.2, -0.15) is 0 Å². The Morgan fingerprint density at radius 1 is 1.20 bits per heavy atom. The van der Waals surface area contributed by atoms with Crippen LogP contribution in [0.3, 0.4) is 0 Å². The molecular weight excluding hydrogens is 429 g/mol. The molecule has 0 aliphatic heterocycles. The molecule has 0 atom stereocenters. The number of ether oxygens (including phenoxy) is 2. The molecule has 0 spiro atoms. The average molecular weight is 461 g/mol. The van der Waals surface area contributed by atoms with Crippen LogP contribution in [0.5, 0.6) is 11.5 Å². The molecule has 142 valence electrons. The van der Waals surface area contributed by atoms with Gasteiger partial charge in [-0.15, -0.1) is 24.0 Å². The number of halogens is 1. The molecule has 0 aromatic heterocycles. The van der Waals surface area contributed by atoms with Crippen molar-refractivity contribution < 1.29 is 9.47 Å². The molecule has 0 bridgehead atoms. The topological polar surface area (TPSA) is 68.9 Å². The maximum absolute atomic E-state index is 6.04. The van der Waals surface area contributed by atoms with E-state index in [9.17, 15) is 0 Å². The largest absolute Gasteiger partial charge is 0.493 e. The second kappa shape index (κ2) is 10.1. The fraction of sp³-hybridized carbons (Fsp3) is 0.632. The molecule has 0 amide bonds. The van der Waals surface area contributed by atoms with Crippen LogP contribution in [0.15, 0.2) is 23.2 Å². The highest BCUT2D eigenvalue weighted by molar-refractivity contribution is 14.0. The van der Waals surface area contributed by atoms with Gasteiger partial charge in [-0.3, -0.25) is 0 Å². The van der Waals surface area contributed by atoms with Gasteiger partial charge < -0.3 is 20.5 Å². The van der Waals surface area contributed by atoms with E-state index in [1.165, 1.54) is 25.7 Å². The summed E-state index contributed by atoms with van der Waals surface area (Å²) in [6.45, 7) is 6.01. The molecule has 5 nitrogen and oxygen atoms in total. The number of aliphatic imine (C=N–C) groups is 1. The van der Waals surface area contributed by atoms with Crippen molar-refractivity contribution in [3.05, 3.63) is 23.8 Å². The highest BCUT2D eigenvalue weighted by atomic mass is 127. The van der Waals surface area contributed by atoms with Gasteiger partial charge in [-0.1, -0.05) is 32.8 Å². The Kier molecular flexibility index (Phi) is 8.82. The smallest absolute Gasteiger partial charge is 0.188 e. The summed E-state index contributed by atoms with van der Waals surface area (Å²) in [4.78, 5) is 4.44. The Bertz CT molecular complexity index is 570. The maximum atomic E-state index is 6.04. The minimum atomic E-state index is 0. The van der Waals surface area contributed by atoms with E-state index in [0.29, 0.717) is 18.3 Å². The lowest BCUT2D eigenvalue weighted by Gasteiger charge is -2.32. The van der Waals surface area contributed by atoms with Crippen LogP contribution < -0.4 is 20.5 Å². The number of nitrogens with two attached hydrogens (primary N) is 1. The Hall–Kier alpha value is -1.18. The summed E-state index contributed by atoms with van der Waals surface area (Å²) in [6.07, 6.45) is 5.38. The number of hydrogen-bond acceptors (Lipinski definition) is 3. The maximum Gasteiger partial charge on any atom is 0.188 e. The van der Waals surface area contributed by atoms with Gasteiger partial charge in [0.25, 0.3) is 0 Å². The molecule has 1 aliphatic rings. The number of nitrogens with zero attached hydrogens (tertiary/aromatic N) is 1. The highest BCUT2D eigenvalue weighted by Gasteiger charge is 2.31. The van der Waals surface area contributed by atoms with Crippen molar-refractivity contribution in [2.45, 2.75) is 46.1 Å². The molecule has 1 aliphatic carbocycles. The first-order chi connectivity index (χ1) is 11.5. The molecule has 0 heterocycles. The number of methoxy groups -OCH3 is 2. The summed E-state index contributed by atoms with van der Waals surface area (Å²) in [5.41, 5.74) is 7.32. The number of nitrogens with one attached hydrogen (secondary N) is 1. The van der Waals surface area contributed by atoms with Gasteiger partial charge in [0.2, 0.25) is 0 Å². The standard InChI is InChI=1S/C19H31N3O2.HI/c1-19(2,15-7-5-6-8-15)13-22-18(20)21-12-14-9-10-16(23-3)17(11-14)24-4;/h9-11,15H,5-8,12-13H2,1-4H3,(H3,20,21,22);1H. The zero-order valence-corrected chi connectivity index (χ0v) is 18.1. The van der Waals surface area contributed by atoms with Gasteiger partial charge in [0.15, 0.2) is 17.5 Å². The predicted molar refractivity (Wildman–Crippen MR) is 114 cm³/mol. The van der Waals surface area contributed by atoms with Crippen molar-refractivity contribution in [2.24, 2.45) is 22.1 Å². The van der Waals surface area contributed by atoms with Crippen molar-refractivity contribution in [1.82, 2.24) is 5.32 Å². The fourth-order valence-electron chi connectivity index (χ4n) is 3.38. The minimum Gasteiger partial charge on any atom is -0.493 e. The van der Waals surface area contributed by atoms with E-state index in [1.54, 1.807) is 14.2 Å². The predicted octanol–water partition coefficient (Wildman–Crippen LogP) is 3.94. The van der Waals surface area contributed by atoms with E-state index in [-0.39, 0.29) is 29.4 Å².